The highest BCUT2D eigenvalue weighted by Gasteiger charge is 2.48. The molecule has 2 bridgehead atoms. The summed E-state index contributed by atoms with van der Waals surface area (Å²) >= 11 is 0. The first-order chi connectivity index (χ1) is 17.6. The predicted octanol–water partition coefficient (Wildman–Crippen LogP) is 2.62. The van der Waals surface area contributed by atoms with Crippen LogP contribution in [0.4, 0.5) is 9.59 Å². The molecule has 0 spiro atoms. The Morgan fingerprint density at radius 1 is 1.05 bits per heavy atom. The van der Waals surface area contributed by atoms with Gasteiger partial charge in [-0.3, -0.25) is 25.3 Å². The lowest BCUT2D eigenvalue weighted by atomic mass is 9.77. The molecule has 1 unspecified atom stereocenters. The summed E-state index contributed by atoms with van der Waals surface area (Å²) in [5.41, 5.74) is 5.38. The van der Waals surface area contributed by atoms with Crippen molar-refractivity contribution in [2.75, 3.05) is 6.54 Å². The molecule has 1 aromatic carbocycles. The molecule has 2 saturated heterocycles. The van der Waals surface area contributed by atoms with Crippen LogP contribution >= 0.6 is 0 Å². The maximum Gasteiger partial charge on any atom is 0.407 e. The van der Waals surface area contributed by atoms with Crippen LogP contribution in [0, 0.1) is 5.92 Å². The highest BCUT2D eigenvalue weighted by molar-refractivity contribution is 5.90. The van der Waals surface area contributed by atoms with Gasteiger partial charge in [0.25, 0.3) is 5.91 Å². The number of ether oxygens (including phenoxy) is 1. The lowest BCUT2D eigenvalue weighted by Crippen LogP contribution is -2.54. The van der Waals surface area contributed by atoms with E-state index >= 15 is 0 Å². The Morgan fingerprint density at radius 3 is 2.49 bits per heavy atom. The van der Waals surface area contributed by atoms with Gasteiger partial charge in [-0.25, -0.2) is 9.59 Å². The van der Waals surface area contributed by atoms with Gasteiger partial charge < -0.3 is 15.0 Å². The number of hydrogen-bond donors (Lipinski definition) is 3. The molecule has 4 rings (SSSR count). The molecule has 1 aromatic rings. The topological polar surface area (TPSA) is 129 Å². The first-order valence-electron chi connectivity index (χ1n) is 12.9. The molecule has 202 valence electrons. The molecule has 3 aliphatic rings. The van der Waals surface area contributed by atoms with Gasteiger partial charge in [0.05, 0.1) is 6.04 Å². The Labute approximate surface area is 217 Å². The third-order valence-electron chi connectivity index (χ3n) is 6.90. The van der Waals surface area contributed by atoms with E-state index in [1.807, 2.05) is 51.1 Å². The molecule has 3 N–H and O–H groups in total. The molecule has 1 saturated carbocycles. The minimum atomic E-state index is -0.652. The van der Waals surface area contributed by atoms with E-state index in [0.29, 0.717) is 31.7 Å². The van der Waals surface area contributed by atoms with Crippen LogP contribution in [0.2, 0.25) is 0 Å². The van der Waals surface area contributed by atoms with Gasteiger partial charge in [0.2, 0.25) is 5.91 Å². The number of benzene rings is 1. The van der Waals surface area contributed by atoms with Crippen molar-refractivity contribution in [2.24, 2.45) is 5.92 Å². The Hall–Kier alpha value is -3.34. The Morgan fingerprint density at radius 2 is 1.78 bits per heavy atom. The van der Waals surface area contributed by atoms with Crippen molar-refractivity contribution in [3.8, 4) is 0 Å². The number of carbonyl (C=O) groups is 4. The molecule has 0 radical (unpaired) electrons. The number of nitrogens with one attached hydrogen (secondary N) is 3. The average Bonchev–Trinajstić information content (AvgIpc) is 3.06. The molecule has 2 heterocycles. The minimum Gasteiger partial charge on any atom is -0.444 e. The highest BCUT2D eigenvalue weighted by Crippen LogP contribution is 2.32. The van der Waals surface area contributed by atoms with Gasteiger partial charge in [0.1, 0.15) is 18.2 Å². The van der Waals surface area contributed by atoms with E-state index < -0.39 is 23.6 Å². The van der Waals surface area contributed by atoms with E-state index in [1.165, 1.54) is 9.96 Å². The number of hydroxylamine groups is 2. The number of carbonyl (C=O) groups excluding carboxylic acids is 4. The molecule has 5 amide bonds. The quantitative estimate of drug-likeness (QED) is 0.457. The van der Waals surface area contributed by atoms with Crippen LogP contribution in [0.3, 0.4) is 0 Å². The lowest BCUT2D eigenvalue weighted by molar-refractivity contribution is -0.140. The number of fused-ring (bicyclic) bond motifs is 2. The second kappa shape index (κ2) is 11.4. The van der Waals surface area contributed by atoms with E-state index in [9.17, 15) is 19.2 Å². The molecule has 37 heavy (non-hydrogen) atoms. The van der Waals surface area contributed by atoms with E-state index in [2.05, 4.69) is 16.2 Å². The van der Waals surface area contributed by atoms with E-state index in [1.54, 1.807) is 0 Å². The summed E-state index contributed by atoms with van der Waals surface area (Å²) in [4.78, 5) is 57.0. The SMILES string of the molecule is CC(C)(C)OC(=O)N[C@H]1C[C@@H](CCC(=O)NNC(=O)[C@@H]2CCC3CN2C(=O)N3OCc2ccccc2)C1. The molecule has 3 fully saturated rings. The number of urea groups is 1. The van der Waals surface area contributed by atoms with Crippen LogP contribution in [0.25, 0.3) is 0 Å². The van der Waals surface area contributed by atoms with Crippen LogP contribution in [0.5, 0.6) is 0 Å². The Kier molecular flexibility index (Phi) is 8.21. The van der Waals surface area contributed by atoms with Crippen molar-refractivity contribution in [3.05, 3.63) is 35.9 Å². The van der Waals surface area contributed by atoms with Gasteiger partial charge in [0, 0.05) is 19.0 Å². The monoisotopic (exact) mass is 515 g/mol. The van der Waals surface area contributed by atoms with E-state index in [4.69, 9.17) is 9.57 Å². The largest absolute Gasteiger partial charge is 0.444 e. The fourth-order valence-corrected chi connectivity index (χ4v) is 4.96. The summed E-state index contributed by atoms with van der Waals surface area (Å²) in [6.45, 7) is 6.15. The molecule has 2 atom stereocenters. The Balaban J connectivity index is 1.13. The van der Waals surface area contributed by atoms with Crippen LogP contribution in [-0.4, -0.2) is 64.2 Å². The lowest BCUT2D eigenvalue weighted by Gasteiger charge is -2.36. The van der Waals surface area contributed by atoms with Crippen LogP contribution in [0.1, 0.15) is 64.9 Å². The number of hydrazine groups is 1. The van der Waals surface area contributed by atoms with Crippen molar-refractivity contribution in [3.63, 3.8) is 0 Å². The minimum absolute atomic E-state index is 0.0620. The summed E-state index contributed by atoms with van der Waals surface area (Å²) in [6.07, 6.45) is 3.23. The Bertz CT molecular complexity index is 991. The highest BCUT2D eigenvalue weighted by atomic mass is 16.7. The fourth-order valence-electron chi connectivity index (χ4n) is 4.96. The summed E-state index contributed by atoms with van der Waals surface area (Å²) in [5.74, 6) is -0.359. The van der Waals surface area contributed by atoms with Crippen LogP contribution in [-0.2, 0) is 25.8 Å². The van der Waals surface area contributed by atoms with Gasteiger partial charge in [0.15, 0.2) is 0 Å². The zero-order valence-corrected chi connectivity index (χ0v) is 21.7. The van der Waals surface area contributed by atoms with Gasteiger partial charge >= 0.3 is 12.1 Å². The van der Waals surface area contributed by atoms with Gasteiger partial charge in [-0.15, -0.1) is 0 Å². The summed E-state index contributed by atoms with van der Waals surface area (Å²) in [5, 5.41) is 4.22. The average molecular weight is 516 g/mol. The predicted molar refractivity (Wildman–Crippen MR) is 133 cm³/mol. The molecular weight excluding hydrogens is 478 g/mol. The summed E-state index contributed by atoms with van der Waals surface area (Å²) < 4.78 is 5.25. The second-order valence-electron chi connectivity index (χ2n) is 11.0. The van der Waals surface area contributed by atoms with Crippen molar-refractivity contribution in [1.82, 2.24) is 26.1 Å². The maximum absolute atomic E-state index is 12.9. The van der Waals surface area contributed by atoms with Crippen molar-refractivity contribution >= 4 is 23.9 Å². The van der Waals surface area contributed by atoms with Crippen LogP contribution < -0.4 is 16.2 Å². The summed E-state index contributed by atoms with van der Waals surface area (Å²) in [7, 11) is 0. The van der Waals surface area contributed by atoms with Gasteiger partial charge in [-0.1, -0.05) is 30.3 Å². The molecular formula is C26H37N5O6. The fraction of sp³-hybridized carbons (Fsp3) is 0.615. The number of amides is 5. The van der Waals surface area contributed by atoms with Crippen molar-refractivity contribution in [1.29, 1.82) is 0 Å². The molecule has 2 aliphatic heterocycles. The first-order valence-corrected chi connectivity index (χ1v) is 12.9. The van der Waals surface area contributed by atoms with Gasteiger partial charge in [-0.2, -0.15) is 5.06 Å². The van der Waals surface area contributed by atoms with Gasteiger partial charge in [-0.05, 0) is 64.4 Å². The third-order valence-corrected chi connectivity index (χ3v) is 6.90. The first kappa shape index (κ1) is 26.7. The molecule has 1 aliphatic carbocycles. The smallest absolute Gasteiger partial charge is 0.407 e. The van der Waals surface area contributed by atoms with Crippen LogP contribution in [0.15, 0.2) is 30.3 Å². The van der Waals surface area contributed by atoms with Crippen molar-refractivity contribution < 1.29 is 28.8 Å². The number of hydrogen-bond acceptors (Lipinski definition) is 6. The maximum atomic E-state index is 12.9. The number of rotatable bonds is 8. The standard InChI is InChI=1S/C26H37N5O6/c1-26(2,3)37-24(34)27-19-13-18(14-19)9-12-22(32)28-29-23(33)21-11-10-20-15-30(21)25(35)31(20)36-16-17-7-5-4-6-8-17/h4-8,18-21H,9-16H2,1-3H3,(H,27,34)(H,28,32)(H,29,33)/t18-,19+,20?,21-/m0/s1. The summed E-state index contributed by atoms with van der Waals surface area (Å²) in [6, 6.07) is 8.58. The number of nitrogens with zero attached hydrogens (tertiary/aromatic N) is 2. The van der Waals surface area contributed by atoms with E-state index in [0.717, 1.165) is 18.4 Å². The third kappa shape index (κ3) is 7.12. The molecule has 11 nitrogen and oxygen atoms in total. The second-order valence-corrected chi connectivity index (χ2v) is 11.0. The molecule has 11 heteroatoms. The number of piperidine rings is 1. The zero-order chi connectivity index (χ0) is 26.6. The van der Waals surface area contributed by atoms with Crippen molar-refractivity contribution in [2.45, 2.75) is 89.6 Å². The molecule has 0 aromatic heterocycles. The van der Waals surface area contributed by atoms with E-state index in [-0.39, 0.29) is 37.0 Å². The zero-order valence-electron chi connectivity index (χ0n) is 21.7. The number of alkyl carbamates (subject to hydrolysis) is 1. The normalized spacial score (nSPS) is 24.8.